The first-order chi connectivity index (χ1) is 15.0. The lowest BCUT2D eigenvalue weighted by Gasteiger charge is -2.10. The number of nitrogens with zero attached hydrogens (tertiary/aromatic N) is 3. The Hall–Kier alpha value is -3.67. The highest BCUT2D eigenvalue weighted by molar-refractivity contribution is 5.95. The van der Waals surface area contributed by atoms with E-state index in [1.807, 2.05) is 51.1 Å². The largest absolute Gasteiger partial charge is 0.494 e. The van der Waals surface area contributed by atoms with E-state index < -0.39 is 0 Å². The minimum atomic E-state index is -0.175. The Morgan fingerprint density at radius 3 is 2.58 bits per heavy atom. The van der Waals surface area contributed by atoms with E-state index >= 15 is 0 Å². The molecule has 0 fully saturated rings. The highest BCUT2D eigenvalue weighted by atomic mass is 16.5. The van der Waals surface area contributed by atoms with Gasteiger partial charge in [-0.2, -0.15) is 5.10 Å². The van der Waals surface area contributed by atoms with Crippen molar-refractivity contribution in [2.24, 2.45) is 0 Å². The Morgan fingerprint density at radius 1 is 1.10 bits per heavy atom. The maximum atomic E-state index is 12.8. The van der Waals surface area contributed by atoms with Crippen LogP contribution in [0.15, 0.2) is 54.7 Å². The fourth-order valence-corrected chi connectivity index (χ4v) is 3.71. The van der Waals surface area contributed by atoms with Crippen molar-refractivity contribution < 1.29 is 9.53 Å². The molecule has 31 heavy (non-hydrogen) atoms. The second-order valence-corrected chi connectivity index (χ2v) is 7.58. The molecule has 0 aliphatic carbocycles. The van der Waals surface area contributed by atoms with E-state index in [2.05, 4.69) is 40.5 Å². The van der Waals surface area contributed by atoms with E-state index in [0.29, 0.717) is 18.7 Å². The van der Waals surface area contributed by atoms with Crippen LogP contribution < -0.4 is 10.1 Å². The van der Waals surface area contributed by atoms with Crippen molar-refractivity contribution in [2.45, 2.75) is 34.2 Å². The van der Waals surface area contributed by atoms with E-state index in [1.165, 1.54) is 5.56 Å². The minimum Gasteiger partial charge on any atom is -0.494 e. The summed E-state index contributed by atoms with van der Waals surface area (Å²) in [6.45, 7) is 8.94. The maximum absolute atomic E-state index is 12.8. The van der Waals surface area contributed by atoms with Gasteiger partial charge in [-0.25, -0.2) is 9.50 Å². The van der Waals surface area contributed by atoms with Crippen molar-refractivity contribution in [1.82, 2.24) is 19.9 Å². The fraction of sp³-hybridized carbons (Fsp3) is 0.240. The molecule has 2 aromatic carbocycles. The summed E-state index contributed by atoms with van der Waals surface area (Å²) in [4.78, 5) is 17.4. The fourth-order valence-electron chi connectivity index (χ4n) is 3.71. The number of nitrogens with one attached hydrogen (secondary N) is 1. The molecule has 0 spiro atoms. The molecule has 4 aromatic rings. The van der Waals surface area contributed by atoms with Crippen molar-refractivity contribution in [1.29, 1.82) is 0 Å². The van der Waals surface area contributed by atoms with Crippen molar-refractivity contribution >= 4 is 11.6 Å². The number of ether oxygens (including phenoxy) is 1. The number of hydrogen-bond acceptors (Lipinski definition) is 4. The number of hydrogen-bond donors (Lipinski definition) is 1. The van der Waals surface area contributed by atoms with Gasteiger partial charge in [0.25, 0.3) is 5.91 Å². The molecule has 0 aliphatic rings. The van der Waals surface area contributed by atoms with E-state index in [4.69, 9.17) is 4.74 Å². The first-order valence-corrected chi connectivity index (χ1v) is 10.4. The van der Waals surface area contributed by atoms with E-state index in [-0.39, 0.29) is 5.91 Å². The van der Waals surface area contributed by atoms with Gasteiger partial charge in [0, 0.05) is 18.3 Å². The number of benzene rings is 2. The van der Waals surface area contributed by atoms with Gasteiger partial charge in [-0.3, -0.25) is 4.79 Å². The Labute approximate surface area is 181 Å². The Morgan fingerprint density at radius 2 is 1.87 bits per heavy atom. The molecule has 158 valence electrons. The summed E-state index contributed by atoms with van der Waals surface area (Å²) in [7, 11) is 0. The molecule has 0 aliphatic heterocycles. The third-order valence-corrected chi connectivity index (χ3v) is 5.30. The van der Waals surface area contributed by atoms with Gasteiger partial charge in [0.2, 0.25) is 0 Å². The Kier molecular flexibility index (Phi) is 5.71. The number of amides is 1. The summed E-state index contributed by atoms with van der Waals surface area (Å²) in [5.74, 6) is 0.646. The second-order valence-electron chi connectivity index (χ2n) is 7.58. The molecule has 1 amide bonds. The topological polar surface area (TPSA) is 68.5 Å². The SMILES string of the molecule is CCOc1ccc(CNC(=O)c2cnc3c(-c4cccc(C)c4)c(C)nn3c2C)cc1. The number of fused-ring (bicyclic) bond motifs is 1. The first kappa shape index (κ1) is 20.6. The molecule has 6 heteroatoms. The predicted molar refractivity (Wildman–Crippen MR) is 121 cm³/mol. The molecule has 2 heterocycles. The van der Waals surface area contributed by atoms with Crippen molar-refractivity contribution in [2.75, 3.05) is 6.61 Å². The lowest BCUT2D eigenvalue weighted by molar-refractivity contribution is 0.0949. The number of aryl methyl sites for hydroxylation is 3. The average molecular weight is 415 g/mol. The molecule has 0 atom stereocenters. The normalized spacial score (nSPS) is 11.0. The summed E-state index contributed by atoms with van der Waals surface area (Å²) in [5.41, 5.74) is 7.16. The number of rotatable bonds is 6. The van der Waals surface area contributed by atoms with Crippen molar-refractivity contribution in [3.8, 4) is 16.9 Å². The van der Waals surface area contributed by atoms with E-state index in [0.717, 1.165) is 39.5 Å². The molecular weight excluding hydrogens is 388 g/mol. The van der Waals surface area contributed by atoms with Crippen LogP contribution in [0, 0.1) is 20.8 Å². The molecule has 6 nitrogen and oxygen atoms in total. The first-order valence-electron chi connectivity index (χ1n) is 10.4. The van der Waals surface area contributed by atoms with Gasteiger partial charge in [0.1, 0.15) is 5.75 Å². The number of carbonyl (C=O) groups is 1. The van der Waals surface area contributed by atoms with Gasteiger partial charge < -0.3 is 10.1 Å². The molecule has 0 saturated carbocycles. The lowest BCUT2D eigenvalue weighted by Crippen LogP contribution is -2.24. The van der Waals surface area contributed by atoms with Crippen LogP contribution in [0.4, 0.5) is 0 Å². The summed E-state index contributed by atoms with van der Waals surface area (Å²) in [6.07, 6.45) is 1.64. The average Bonchev–Trinajstić information content (AvgIpc) is 3.10. The summed E-state index contributed by atoms with van der Waals surface area (Å²) in [6, 6.07) is 16.0. The quantitative estimate of drug-likeness (QED) is 0.499. The zero-order chi connectivity index (χ0) is 22.0. The van der Waals surface area contributed by atoms with Gasteiger partial charge >= 0.3 is 0 Å². The Bertz CT molecular complexity index is 1240. The van der Waals surface area contributed by atoms with Crippen LogP contribution in [-0.2, 0) is 6.54 Å². The second kappa shape index (κ2) is 8.60. The zero-order valence-corrected chi connectivity index (χ0v) is 18.3. The van der Waals surface area contributed by atoms with Crippen LogP contribution in [0.3, 0.4) is 0 Å². The van der Waals surface area contributed by atoms with Gasteiger partial charge in [-0.15, -0.1) is 0 Å². The molecule has 0 radical (unpaired) electrons. The molecule has 0 saturated heterocycles. The van der Waals surface area contributed by atoms with Crippen LogP contribution in [-0.4, -0.2) is 27.1 Å². The highest BCUT2D eigenvalue weighted by Gasteiger charge is 2.18. The molecule has 2 aromatic heterocycles. The van der Waals surface area contributed by atoms with Crippen molar-refractivity contribution in [3.05, 3.63) is 82.8 Å². The van der Waals surface area contributed by atoms with Gasteiger partial charge in [0.15, 0.2) is 5.65 Å². The lowest BCUT2D eigenvalue weighted by atomic mass is 10.0. The minimum absolute atomic E-state index is 0.175. The standard InChI is InChI=1S/C25H26N4O2/c1-5-31-21-11-9-19(10-12-21)14-27-25(30)22-15-26-24-23(17(3)28-29(24)18(22)4)20-8-6-7-16(2)13-20/h6-13,15H,5,14H2,1-4H3,(H,27,30). The van der Waals surface area contributed by atoms with Crippen LogP contribution in [0.2, 0.25) is 0 Å². The summed E-state index contributed by atoms with van der Waals surface area (Å²) >= 11 is 0. The van der Waals surface area contributed by atoms with Gasteiger partial charge in [0.05, 0.1) is 23.6 Å². The van der Waals surface area contributed by atoms with E-state index in [9.17, 15) is 4.79 Å². The van der Waals surface area contributed by atoms with Crippen LogP contribution in [0.25, 0.3) is 16.8 Å². The third kappa shape index (κ3) is 4.14. The van der Waals surface area contributed by atoms with E-state index in [1.54, 1.807) is 10.7 Å². The predicted octanol–water partition coefficient (Wildman–Crippen LogP) is 4.65. The molecule has 4 rings (SSSR count). The van der Waals surface area contributed by atoms with Crippen LogP contribution >= 0.6 is 0 Å². The van der Waals surface area contributed by atoms with Crippen molar-refractivity contribution in [3.63, 3.8) is 0 Å². The summed E-state index contributed by atoms with van der Waals surface area (Å²) < 4.78 is 7.22. The van der Waals surface area contributed by atoms with Gasteiger partial charge in [-0.1, -0.05) is 42.0 Å². The monoisotopic (exact) mass is 414 g/mol. The Balaban J connectivity index is 1.58. The van der Waals surface area contributed by atoms with Crippen LogP contribution in [0.5, 0.6) is 5.75 Å². The maximum Gasteiger partial charge on any atom is 0.254 e. The smallest absolute Gasteiger partial charge is 0.254 e. The highest BCUT2D eigenvalue weighted by Crippen LogP contribution is 2.28. The molecule has 0 unspecified atom stereocenters. The van der Waals surface area contributed by atoms with Crippen LogP contribution in [0.1, 0.15) is 39.8 Å². The number of carbonyl (C=O) groups excluding carboxylic acids is 1. The third-order valence-electron chi connectivity index (χ3n) is 5.30. The number of aromatic nitrogens is 3. The molecular formula is C25H26N4O2. The summed E-state index contributed by atoms with van der Waals surface area (Å²) in [5, 5.41) is 7.64. The molecule has 1 N–H and O–H groups in total. The van der Waals surface area contributed by atoms with Gasteiger partial charge in [-0.05, 0) is 51.0 Å². The zero-order valence-electron chi connectivity index (χ0n) is 18.3. The molecule has 0 bridgehead atoms.